The van der Waals surface area contributed by atoms with E-state index in [4.69, 9.17) is 0 Å². The van der Waals surface area contributed by atoms with Crippen molar-refractivity contribution in [3.8, 4) is 11.1 Å². The van der Waals surface area contributed by atoms with Crippen molar-refractivity contribution in [2.75, 3.05) is 0 Å². The first-order valence-corrected chi connectivity index (χ1v) is 6.80. The molecule has 2 aromatic carbocycles. The summed E-state index contributed by atoms with van der Waals surface area (Å²) in [6.07, 6.45) is -9.80. The van der Waals surface area contributed by atoms with Gasteiger partial charge in [0.1, 0.15) is 0 Å². The molecule has 6 heteroatoms. The van der Waals surface area contributed by atoms with Crippen LogP contribution in [0.25, 0.3) is 11.1 Å². The second kappa shape index (κ2) is 5.91. The van der Waals surface area contributed by atoms with Crippen LogP contribution in [0, 0.1) is 6.07 Å². The maximum atomic E-state index is 13.2. The first kappa shape index (κ1) is 17.4. The Balaban J connectivity index is 2.80. The normalized spacial score (nSPS) is 12.7. The molecule has 0 amide bonds. The molecular weight excluding hydrogens is 318 g/mol. The summed E-state index contributed by atoms with van der Waals surface area (Å²) < 4.78 is 79.0. The van der Waals surface area contributed by atoms with Crippen molar-refractivity contribution in [3.63, 3.8) is 0 Å². The predicted molar refractivity (Wildman–Crippen MR) is 74.8 cm³/mol. The Bertz CT molecular complexity index is 663. The van der Waals surface area contributed by atoms with Crippen molar-refractivity contribution in [3.05, 3.63) is 59.2 Å². The second-order valence-corrected chi connectivity index (χ2v) is 5.43. The zero-order valence-corrected chi connectivity index (χ0v) is 12.3. The van der Waals surface area contributed by atoms with Crippen LogP contribution in [0.5, 0.6) is 0 Å². The molecule has 0 saturated carbocycles. The molecule has 0 fully saturated rings. The van der Waals surface area contributed by atoms with Gasteiger partial charge in [0.15, 0.2) is 0 Å². The van der Waals surface area contributed by atoms with E-state index in [1.54, 1.807) is 6.07 Å². The quantitative estimate of drug-likeness (QED) is 0.565. The molecule has 0 unspecified atom stereocenters. The summed E-state index contributed by atoms with van der Waals surface area (Å²) in [4.78, 5) is 0. The maximum absolute atomic E-state index is 13.2. The van der Waals surface area contributed by atoms with E-state index < -0.39 is 29.0 Å². The molecule has 0 aliphatic heterocycles. The minimum absolute atomic E-state index is 0.0195. The molecule has 0 nitrogen and oxygen atoms in total. The zero-order chi connectivity index (χ0) is 17.4. The van der Waals surface area contributed by atoms with Crippen molar-refractivity contribution in [2.24, 2.45) is 0 Å². The molecule has 0 aliphatic carbocycles. The highest BCUT2D eigenvalue weighted by molar-refractivity contribution is 5.73. The molecule has 23 heavy (non-hydrogen) atoms. The summed E-state index contributed by atoms with van der Waals surface area (Å²) in [7, 11) is 0. The summed E-state index contributed by atoms with van der Waals surface area (Å²) >= 11 is 0. The number of rotatable bonds is 2. The van der Waals surface area contributed by atoms with Crippen molar-refractivity contribution in [1.29, 1.82) is 0 Å². The summed E-state index contributed by atoms with van der Waals surface area (Å²) in [5, 5.41) is 0. The Kier molecular flexibility index (Phi) is 4.46. The summed E-state index contributed by atoms with van der Waals surface area (Å²) in [6, 6.07) is 8.80. The van der Waals surface area contributed by atoms with Gasteiger partial charge in [-0.15, -0.1) is 0 Å². The van der Waals surface area contributed by atoms with Gasteiger partial charge < -0.3 is 0 Å². The van der Waals surface area contributed by atoms with Crippen LogP contribution in [-0.2, 0) is 12.4 Å². The lowest BCUT2D eigenvalue weighted by molar-refractivity contribution is -0.142. The Labute approximate surface area is 129 Å². The number of benzene rings is 2. The van der Waals surface area contributed by atoms with Crippen molar-refractivity contribution < 1.29 is 26.3 Å². The SMILES string of the molecule is CC(C)c1cccc(-c2c(C(F)(F)F)c[c]cc2C(F)(F)F)c1. The predicted octanol–water partition coefficient (Wildman–Crippen LogP) is 6.31. The molecule has 0 bridgehead atoms. The fraction of sp³-hybridized carbons (Fsp3) is 0.294. The zero-order valence-electron chi connectivity index (χ0n) is 12.3. The highest BCUT2D eigenvalue weighted by Crippen LogP contribution is 2.44. The van der Waals surface area contributed by atoms with Crippen LogP contribution < -0.4 is 0 Å². The van der Waals surface area contributed by atoms with Gasteiger partial charge >= 0.3 is 12.4 Å². The van der Waals surface area contributed by atoms with E-state index in [1.807, 2.05) is 19.9 Å². The fourth-order valence-corrected chi connectivity index (χ4v) is 2.31. The summed E-state index contributed by atoms with van der Waals surface area (Å²) in [5.41, 5.74) is -2.98. The highest BCUT2D eigenvalue weighted by Gasteiger charge is 2.41. The maximum Gasteiger partial charge on any atom is 0.417 e. The molecule has 1 radical (unpaired) electrons. The van der Waals surface area contributed by atoms with Crippen molar-refractivity contribution in [1.82, 2.24) is 0 Å². The fourth-order valence-electron chi connectivity index (χ4n) is 2.31. The number of hydrogen-bond acceptors (Lipinski definition) is 0. The van der Waals surface area contributed by atoms with E-state index >= 15 is 0 Å². The lowest BCUT2D eigenvalue weighted by Gasteiger charge is -2.19. The molecule has 0 aliphatic rings. The molecule has 0 saturated heterocycles. The molecule has 0 N–H and O–H groups in total. The first-order chi connectivity index (χ1) is 10.5. The molecular formula is C17H13F6. The monoisotopic (exact) mass is 331 g/mol. The standard InChI is InChI=1S/C17H13F6/c1-10(2)11-5-3-6-12(9-11)15-13(16(18,19)20)7-4-8-14(15)17(21,22)23/h3,5-10H,1-2H3. The van der Waals surface area contributed by atoms with Crippen LogP contribution in [0.15, 0.2) is 36.4 Å². The van der Waals surface area contributed by atoms with Crippen LogP contribution in [0.1, 0.15) is 36.5 Å². The van der Waals surface area contributed by atoms with Crippen LogP contribution in [0.3, 0.4) is 0 Å². The molecule has 2 aromatic rings. The molecule has 2 rings (SSSR count). The number of hydrogen-bond donors (Lipinski definition) is 0. The molecule has 0 spiro atoms. The summed E-state index contributed by atoms with van der Waals surface area (Å²) in [5.74, 6) is -0.0195. The Morgan fingerprint density at radius 3 is 1.83 bits per heavy atom. The van der Waals surface area contributed by atoms with E-state index in [9.17, 15) is 26.3 Å². The van der Waals surface area contributed by atoms with Gasteiger partial charge in [0.25, 0.3) is 0 Å². The van der Waals surface area contributed by atoms with Crippen LogP contribution in [0.4, 0.5) is 26.3 Å². The Morgan fingerprint density at radius 2 is 1.39 bits per heavy atom. The minimum atomic E-state index is -4.90. The Hall–Kier alpha value is -1.98. The second-order valence-electron chi connectivity index (χ2n) is 5.43. The van der Waals surface area contributed by atoms with Gasteiger partial charge in [0, 0.05) is 5.56 Å². The van der Waals surface area contributed by atoms with Gasteiger partial charge in [0.05, 0.1) is 11.1 Å². The molecule has 123 valence electrons. The lowest BCUT2D eigenvalue weighted by Crippen LogP contribution is -2.14. The smallest absolute Gasteiger partial charge is 0.166 e. The first-order valence-electron chi connectivity index (χ1n) is 6.80. The van der Waals surface area contributed by atoms with E-state index in [2.05, 4.69) is 0 Å². The minimum Gasteiger partial charge on any atom is -0.166 e. The average molecular weight is 331 g/mol. The van der Waals surface area contributed by atoms with E-state index in [0.717, 1.165) is 0 Å². The van der Waals surface area contributed by atoms with Gasteiger partial charge in [-0.25, -0.2) is 0 Å². The van der Waals surface area contributed by atoms with Gasteiger partial charge in [-0.05, 0) is 35.2 Å². The number of halogens is 6. The topological polar surface area (TPSA) is 0 Å². The third kappa shape index (κ3) is 3.68. The van der Waals surface area contributed by atoms with E-state index in [1.165, 1.54) is 18.2 Å². The highest BCUT2D eigenvalue weighted by atomic mass is 19.4. The lowest BCUT2D eigenvalue weighted by atomic mass is 9.91. The number of alkyl halides is 6. The van der Waals surface area contributed by atoms with E-state index in [0.29, 0.717) is 17.7 Å². The van der Waals surface area contributed by atoms with Crippen molar-refractivity contribution in [2.45, 2.75) is 32.1 Å². The van der Waals surface area contributed by atoms with Gasteiger partial charge in [0.2, 0.25) is 0 Å². The van der Waals surface area contributed by atoms with Gasteiger partial charge in [-0.2, -0.15) is 26.3 Å². The molecule has 0 heterocycles. The third-order valence-corrected chi connectivity index (χ3v) is 3.45. The van der Waals surface area contributed by atoms with Gasteiger partial charge in [-0.1, -0.05) is 38.1 Å². The third-order valence-electron chi connectivity index (χ3n) is 3.45. The van der Waals surface area contributed by atoms with Crippen LogP contribution in [-0.4, -0.2) is 0 Å². The molecule has 0 atom stereocenters. The van der Waals surface area contributed by atoms with Gasteiger partial charge in [-0.3, -0.25) is 0 Å². The molecule has 0 aromatic heterocycles. The van der Waals surface area contributed by atoms with Crippen LogP contribution >= 0.6 is 0 Å². The van der Waals surface area contributed by atoms with Crippen LogP contribution in [0.2, 0.25) is 0 Å². The summed E-state index contributed by atoms with van der Waals surface area (Å²) in [6.45, 7) is 3.63. The average Bonchev–Trinajstić information content (AvgIpc) is 2.44. The van der Waals surface area contributed by atoms with Crippen molar-refractivity contribution >= 4 is 0 Å². The largest absolute Gasteiger partial charge is 0.417 e. The Morgan fingerprint density at radius 1 is 0.870 bits per heavy atom. The van der Waals surface area contributed by atoms with E-state index in [-0.39, 0.29) is 11.5 Å².